The number of nitrogen functional groups attached to an aromatic ring is 1. The topological polar surface area (TPSA) is 64.3 Å². The van der Waals surface area contributed by atoms with Crippen molar-refractivity contribution >= 4 is 17.3 Å². The molecule has 0 unspecified atom stereocenters. The maximum absolute atomic E-state index is 11.9. The van der Waals surface area contributed by atoms with Crippen molar-refractivity contribution in [2.75, 3.05) is 17.7 Å². The molecule has 3 N–H and O–H groups in total. The van der Waals surface area contributed by atoms with Gasteiger partial charge in [-0.15, -0.1) is 0 Å². The Labute approximate surface area is 128 Å². The van der Waals surface area contributed by atoms with Gasteiger partial charge in [-0.25, -0.2) is 4.79 Å². The van der Waals surface area contributed by atoms with Crippen LogP contribution in [-0.2, 0) is 4.74 Å². The van der Waals surface area contributed by atoms with E-state index in [0.29, 0.717) is 17.9 Å². The summed E-state index contributed by atoms with van der Waals surface area (Å²) in [6.07, 6.45) is 0.975. The van der Waals surface area contributed by atoms with Gasteiger partial charge in [-0.05, 0) is 44.7 Å². The Kier molecular flexibility index (Phi) is 5.26. The number of nitrogens with one attached hydrogen (secondary N) is 1. The minimum absolute atomic E-state index is 0.125. The monoisotopic (exact) mass is 292 g/mol. The molecule has 21 heavy (non-hydrogen) atoms. The summed E-state index contributed by atoms with van der Waals surface area (Å²) in [6, 6.07) is 5.40. The second-order valence-electron chi connectivity index (χ2n) is 7.23. The predicted molar refractivity (Wildman–Crippen MR) is 88.6 cm³/mol. The van der Waals surface area contributed by atoms with Gasteiger partial charge in [0.2, 0.25) is 0 Å². The van der Waals surface area contributed by atoms with Gasteiger partial charge in [0.15, 0.2) is 0 Å². The van der Waals surface area contributed by atoms with E-state index in [-0.39, 0.29) is 16.9 Å². The van der Waals surface area contributed by atoms with Crippen LogP contribution in [0, 0.1) is 5.41 Å². The first-order valence-corrected chi connectivity index (χ1v) is 7.39. The summed E-state index contributed by atoms with van der Waals surface area (Å²) in [5.41, 5.74) is 7.82. The molecule has 118 valence electrons. The summed E-state index contributed by atoms with van der Waals surface area (Å²) < 4.78 is 5.03. The standard InChI is InChI=1S/C17H28N2O2/c1-7-21-15(20)12-9-8-10-13(14(12)18)19-17(5,6)11-16(2,3)4/h8-10,19H,7,11,18H2,1-6H3. The summed E-state index contributed by atoms with van der Waals surface area (Å²) >= 11 is 0. The molecule has 0 saturated carbocycles. The normalized spacial score (nSPS) is 12.1. The summed E-state index contributed by atoms with van der Waals surface area (Å²) in [5, 5.41) is 3.45. The third-order valence-corrected chi connectivity index (χ3v) is 3.05. The van der Waals surface area contributed by atoms with Crippen LogP contribution in [0.5, 0.6) is 0 Å². The van der Waals surface area contributed by atoms with E-state index in [4.69, 9.17) is 10.5 Å². The number of esters is 1. The number of nitrogens with two attached hydrogens (primary N) is 1. The van der Waals surface area contributed by atoms with Gasteiger partial charge in [-0.2, -0.15) is 0 Å². The van der Waals surface area contributed by atoms with Gasteiger partial charge in [-0.1, -0.05) is 26.8 Å². The molecule has 0 aliphatic carbocycles. The van der Waals surface area contributed by atoms with Crippen LogP contribution in [0.3, 0.4) is 0 Å². The van der Waals surface area contributed by atoms with Crippen molar-refractivity contribution in [1.82, 2.24) is 0 Å². The van der Waals surface area contributed by atoms with E-state index in [9.17, 15) is 4.79 Å². The highest BCUT2D eigenvalue weighted by atomic mass is 16.5. The minimum atomic E-state index is -0.382. The van der Waals surface area contributed by atoms with Gasteiger partial charge < -0.3 is 15.8 Å². The lowest BCUT2D eigenvalue weighted by Crippen LogP contribution is -2.35. The average Bonchev–Trinajstić information content (AvgIpc) is 2.28. The third kappa shape index (κ3) is 5.29. The first-order chi connectivity index (χ1) is 9.56. The highest BCUT2D eigenvalue weighted by Crippen LogP contribution is 2.32. The van der Waals surface area contributed by atoms with Crippen molar-refractivity contribution < 1.29 is 9.53 Å². The number of rotatable bonds is 5. The van der Waals surface area contributed by atoms with Crippen molar-refractivity contribution in [3.05, 3.63) is 23.8 Å². The molecule has 0 bridgehead atoms. The van der Waals surface area contributed by atoms with Crippen LogP contribution >= 0.6 is 0 Å². The van der Waals surface area contributed by atoms with Gasteiger partial charge in [-0.3, -0.25) is 0 Å². The summed E-state index contributed by atoms with van der Waals surface area (Å²) in [4.78, 5) is 11.9. The van der Waals surface area contributed by atoms with Crippen LogP contribution in [0.1, 0.15) is 58.3 Å². The molecule has 0 atom stereocenters. The summed E-state index contributed by atoms with van der Waals surface area (Å²) in [7, 11) is 0. The van der Waals surface area contributed by atoms with Crippen molar-refractivity contribution in [2.45, 2.75) is 53.5 Å². The Bertz CT molecular complexity index is 502. The maximum Gasteiger partial charge on any atom is 0.340 e. The Balaban J connectivity index is 2.99. The smallest absolute Gasteiger partial charge is 0.340 e. The van der Waals surface area contributed by atoms with E-state index in [1.807, 2.05) is 12.1 Å². The zero-order valence-electron chi connectivity index (χ0n) is 14.0. The lowest BCUT2D eigenvalue weighted by molar-refractivity contribution is 0.0527. The molecule has 1 aromatic rings. The molecular formula is C17H28N2O2. The van der Waals surface area contributed by atoms with Crippen LogP contribution in [-0.4, -0.2) is 18.1 Å². The van der Waals surface area contributed by atoms with Gasteiger partial charge >= 0.3 is 5.97 Å². The number of carbonyl (C=O) groups excluding carboxylic acids is 1. The second kappa shape index (κ2) is 6.37. The van der Waals surface area contributed by atoms with Gasteiger partial charge in [0.05, 0.1) is 23.5 Å². The van der Waals surface area contributed by atoms with Gasteiger partial charge in [0.1, 0.15) is 0 Å². The minimum Gasteiger partial charge on any atom is -0.462 e. The fourth-order valence-corrected chi connectivity index (χ4v) is 2.80. The summed E-state index contributed by atoms with van der Waals surface area (Å²) in [6.45, 7) is 13.0. The molecule has 0 aliphatic heterocycles. The highest BCUT2D eigenvalue weighted by molar-refractivity contribution is 5.98. The van der Waals surface area contributed by atoms with Crippen LogP contribution in [0.15, 0.2) is 18.2 Å². The molecule has 0 aromatic heterocycles. The SMILES string of the molecule is CCOC(=O)c1cccc(NC(C)(C)CC(C)(C)C)c1N. The number of anilines is 2. The Morgan fingerprint density at radius 1 is 1.24 bits per heavy atom. The van der Waals surface area contributed by atoms with Crippen molar-refractivity contribution in [3.8, 4) is 0 Å². The zero-order chi connectivity index (χ0) is 16.3. The molecule has 0 spiro atoms. The molecule has 0 radical (unpaired) electrons. The van der Waals surface area contributed by atoms with E-state index in [0.717, 1.165) is 12.1 Å². The van der Waals surface area contributed by atoms with Gasteiger partial charge in [0.25, 0.3) is 0 Å². The van der Waals surface area contributed by atoms with Gasteiger partial charge in [0, 0.05) is 5.54 Å². The predicted octanol–water partition coefficient (Wildman–Crippen LogP) is 4.07. The lowest BCUT2D eigenvalue weighted by Gasteiger charge is -2.34. The number of para-hydroxylation sites is 1. The Hall–Kier alpha value is -1.71. The van der Waals surface area contributed by atoms with Crippen molar-refractivity contribution in [2.24, 2.45) is 5.41 Å². The third-order valence-electron chi connectivity index (χ3n) is 3.05. The van der Waals surface area contributed by atoms with Crippen molar-refractivity contribution in [1.29, 1.82) is 0 Å². The van der Waals surface area contributed by atoms with E-state index < -0.39 is 0 Å². The largest absolute Gasteiger partial charge is 0.462 e. The fourth-order valence-electron chi connectivity index (χ4n) is 2.80. The van der Waals surface area contributed by atoms with Crippen molar-refractivity contribution in [3.63, 3.8) is 0 Å². The molecule has 1 aromatic carbocycles. The number of benzene rings is 1. The molecule has 1 rings (SSSR count). The molecule has 0 saturated heterocycles. The van der Waals surface area contributed by atoms with Crippen LogP contribution in [0.4, 0.5) is 11.4 Å². The van der Waals surface area contributed by atoms with E-state index >= 15 is 0 Å². The molecule has 4 heteroatoms. The summed E-state index contributed by atoms with van der Waals surface area (Å²) in [5.74, 6) is -0.382. The molecule has 0 amide bonds. The first-order valence-electron chi connectivity index (χ1n) is 7.39. The van der Waals surface area contributed by atoms with Crippen LogP contribution in [0.25, 0.3) is 0 Å². The van der Waals surface area contributed by atoms with Crippen LogP contribution < -0.4 is 11.1 Å². The van der Waals surface area contributed by atoms with E-state index in [1.54, 1.807) is 13.0 Å². The van der Waals surface area contributed by atoms with Crippen LogP contribution in [0.2, 0.25) is 0 Å². The van der Waals surface area contributed by atoms with E-state index in [1.165, 1.54) is 0 Å². The number of ether oxygens (including phenoxy) is 1. The average molecular weight is 292 g/mol. The number of carbonyl (C=O) groups is 1. The zero-order valence-corrected chi connectivity index (χ0v) is 14.0. The fraction of sp³-hybridized carbons (Fsp3) is 0.588. The first kappa shape index (κ1) is 17.3. The molecule has 0 fully saturated rings. The Morgan fingerprint density at radius 2 is 1.86 bits per heavy atom. The molecule has 0 aliphatic rings. The molecular weight excluding hydrogens is 264 g/mol. The number of hydrogen-bond acceptors (Lipinski definition) is 4. The van der Waals surface area contributed by atoms with E-state index in [2.05, 4.69) is 39.9 Å². The lowest BCUT2D eigenvalue weighted by atomic mass is 9.81. The molecule has 0 heterocycles. The quantitative estimate of drug-likeness (QED) is 0.634. The second-order valence-corrected chi connectivity index (χ2v) is 7.23. The number of hydrogen-bond donors (Lipinski definition) is 2. The molecule has 4 nitrogen and oxygen atoms in total. The Morgan fingerprint density at radius 3 is 2.38 bits per heavy atom. The maximum atomic E-state index is 11.9. The highest BCUT2D eigenvalue weighted by Gasteiger charge is 2.26.